The van der Waals surface area contributed by atoms with Crippen LogP contribution in [0, 0.1) is 4.91 Å². The molecule has 0 spiro atoms. The molecule has 0 aromatic heterocycles. The Morgan fingerprint density at radius 2 is 2.07 bits per heavy atom. The summed E-state index contributed by atoms with van der Waals surface area (Å²) in [4.78, 5) is 34.3. The molecule has 0 N–H and O–H groups in total. The minimum absolute atomic E-state index is 0.213. The first-order chi connectivity index (χ1) is 7.06. The average Bonchev–Trinajstić information content (AvgIpc) is 2.63. The van der Waals surface area contributed by atoms with Gasteiger partial charge in [-0.25, -0.2) is 0 Å². The number of carbonyl (C=O) groups excluding carboxylic acids is 2. The fourth-order valence-corrected chi connectivity index (χ4v) is 1.68. The first kappa shape index (κ1) is 11.6. The van der Waals surface area contributed by atoms with Crippen LogP contribution in [0.1, 0.15) is 26.7 Å². The van der Waals surface area contributed by atoms with Gasteiger partial charge < -0.3 is 4.90 Å². The molecule has 1 atom stereocenters. The van der Waals surface area contributed by atoms with Crippen molar-refractivity contribution in [3.63, 3.8) is 0 Å². The predicted molar refractivity (Wildman–Crippen MR) is 55.0 cm³/mol. The lowest BCUT2D eigenvalue weighted by atomic mass is 10.2. The molecule has 15 heavy (non-hydrogen) atoms. The van der Waals surface area contributed by atoms with E-state index < -0.39 is 11.9 Å². The monoisotopic (exact) mass is 210 g/mol. The zero-order chi connectivity index (χ0) is 11.4. The number of carbonyl (C=O) groups is 2. The van der Waals surface area contributed by atoms with Crippen molar-refractivity contribution < 1.29 is 9.59 Å². The van der Waals surface area contributed by atoms with Crippen LogP contribution in [0.5, 0.6) is 0 Å². The summed E-state index contributed by atoms with van der Waals surface area (Å²) in [5.41, 5.74) is 0.872. The summed E-state index contributed by atoms with van der Waals surface area (Å²) < 4.78 is 0. The fraction of sp³-hybridized carbons (Fsp3) is 0.600. The van der Waals surface area contributed by atoms with E-state index in [0.717, 1.165) is 12.0 Å². The molecule has 5 heteroatoms. The molecule has 2 amide bonds. The van der Waals surface area contributed by atoms with Crippen LogP contribution in [0.4, 0.5) is 0 Å². The Kier molecular flexibility index (Phi) is 3.71. The summed E-state index contributed by atoms with van der Waals surface area (Å²) in [6.45, 7) is 4.14. The van der Waals surface area contributed by atoms with Crippen molar-refractivity contribution in [1.29, 1.82) is 0 Å². The van der Waals surface area contributed by atoms with E-state index in [2.05, 4.69) is 5.18 Å². The summed E-state index contributed by atoms with van der Waals surface area (Å²) in [6.07, 6.45) is 2.75. The Hall–Kier alpha value is -1.52. The highest BCUT2D eigenvalue weighted by Gasteiger charge is 2.33. The van der Waals surface area contributed by atoms with Gasteiger partial charge in [0.15, 0.2) is 0 Å². The largest absolute Gasteiger partial charge is 0.327 e. The van der Waals surface area contributed by atoms with Gasteiger partial charge in [0.25, 0.3) is 0 Å². The topological polar surface area (TPSA) is 66.8 Å². The molecule has 0 radical (unpaired) electrons. The molecule has 1 saturated heterocycles. The zero-order valence-electron chi connectivity index (χ0n) is 8.90. The van der Waals surface area contributed by atoms with Crippen LogP contribution in [0.3, 0.4) is 0 Å². The van der Waals surface area contributed by atoms with Crippen LogP contribution in [0.15, 0.2) is 16.8 Å². The van der Waals surface area contributed by atoms with Gasteiger partial charge in [0, 0.05) is 17.8 Å². The maximum Gasteiger partial charge on any atom is 0.308 e. The molecule has 1 aliphatic heterocycles. The molecule has 82 valence electrons. The Morgan fingerprint density at radius 3 is 2.60 bits per heavy atom. The minimum atomic E-state index is -0.747. The lowest BCUT2D eigenvalue weighted by molar-refractivity contribution is -0.133. The van der Waals surface area contributed by atoms with Gasteiger partial charge in [0.05, 0.1) is 0 Å². The van der Waals surface area contributed by atoms with E-state index in [4.69, 9.17) is 0 Å². The standard InChI is InChI=1S/C10H14N2O3/c1-7(2)6-9(13)12-5-3-4-8(12)10(14)11-15/h6,8H,3-5H2,1-2H3. The highest BCUT2D eigenvalue weighted by Crippen LogP contribution is 2.19. The SMILES string of the molecule is CC(C)=CC(=O)N1CCCC1C(=O)N=O. The van der Waals surface area contributed by atoms with Crippen LogP contribution in [0.2, 0.25) is 0 Å². The molecule has 0 aliphatic carbocycles. The van der Waals surface area contributed by atoms with Crippen molar-refractivity contribution in [3.05, 3.63) is 16.6 Å². The molecule has 1 unspecified atom stereocenters. The van der Waals surface area contributed by atoms with Gasteiger partial charge in [-0.05, 0) is 26.7 Å². The van der Waals surface area contributed by atoms with E-state index in [1.807, 2.05) is 13.8 Å². The number of likely N-dealkylation sites (tertiary alicyclic amines) is 1. The fourth-order valence-electron chi connectivity index (χ4n) is 1.68. The summed E-state index contributed by atoms with van der Waals surface area (Å²) in [6, 6.07) is -0.648. The maximum atomic E-state index is 11.6. The molecule has 0 aromatic rings. The van der Waals surface area contributed by atoms with Crippen molar-refractivity contribution in [2.24, 2.45) is 5.18 Å². The second-order valence-corrected chi connectivity index (χ2v) is 3.84. The molecule has 1 heterocycles. The quantitative estimate of drug-likeness (QED) is 0.508. The van der Waals surface area contributed by atoms with Gasteiger partial charge in [-0.1, -0.05) is 5.57 Å². The first-order valence-electron chi connectivity index (χ1n) is 4.89. The van der Waals surface area contributed by atoms with E-state index in [1.54, 1.807) is 0 Å². The Morgan fingerprint density at radius 1 is 1.40 bits per heavy atom. The lowest BCUT2D eigenvalue weighted by Gasteiger charge is -2.19. The van der Waals surface area contributed by atoms with Crippen molar-refractivity contribution >= 4 is 11.8 Å². The number of amides is 2. The van der Waals surface area contributed by atoms with Gasteiger partial charge in [-0.3, -0.25) is 9.59 Å². The first-order valence-corrected chi connectivity index (χ1v) is 4.89. The second kappa shape index (κ2) is 4.82. The number of nitrogens with zero attached hydrogens (tertiary/aromatic N) is 2. The molecule has 5 nitrogen and oxygen atoms in total. The molecular formula is C10H14N2O3. The summed E-state index contributed by atoms with van der Waals surface area (Å²) in [5.74, 6) is -0.961. The average molecular weight is 210 g/mol. The van der Waals surface area contributed by atoms with Crippen molar-refractivity contribution in [1.82, 2.24) is 4.90 Å². The molecule has 1 fully saturated rings. The van der Waals surface area contributed by atoms with Gasteiger partial charge in [-0.15, -0.1) is 4.91 Å². The van der Waals surface area contributed by atoms with Gasteiger partial charge in [-0.2, -0.15) is 0 Å². The third-order valence-electron chi connectivity index (χ3n) is 2.32. The Balaban J connectivity index is 2.76. The molecule has 0 bridgehead atoms. The highest BCUT2D eigenvalue weighted by molar-refractivity contribution is 5.93. The normalized spacial score (nSPS) is 19.9. The zero-order valence-corrected chi connectivity index (χ0v) is 8.90. The van der Waals surface area contributed by atoms with Crippen LogP contribution in [-0.4, -0.2) is 29.3 Å². The molecule has 1 rings (SSSR count). The van der Waals surface area contributed by atoms with Gasteiger partial charge in [0.2, 0.25) is 5.91 Å². The second-order valence-electron chi connectivity index (χ2n) is 3.84. The lowest BCUT2D eigenvalue weighted by Crippen LogP contribution is -2.38. The third kappa shape index (κ3) is 2.71. The van der Waals surface area contributed by atoms with Crippen LogP contribution in [0.25, 0.3) is 0 Å². The molecular weight excluding hydrogens is 196 g/mol. The van der Waals surface area contributed by atoms with Crippen LogP contribution in [-0.2, 0) is 9.59 Å². The van der Waals surface area contributed by atoms with E-state index in [9.17, 15) is 14.5 Å². The minimum Gasteiger partial charge on any atom is -0.327 e. The van der Waals surface area contributed by atoms with Crippen LogP contribution >= 0.6 is 0 Å². The van der Waals surface area contributed by atoms with Crippen molar-refractivity contribution in [3.8, 4) is 0 Å². The maximum absolute atomic E-state index is 11.6. The smallest absolute Gasteiger partial charge is 0.308 e. The van der Waals surface area contributed by atoms with Crippen LogP contribution < -0.4 is 0 Å². The van der Waals surface area contributed by atoms with Crippen molar-refractivity contribution in [2.45, 2.75) is 32.7 Å². The van der Waals surface area contributed by atoms with Crippen molar-refractivity contribution in [2.75, 3.05) is 6.54 Å². The summed E-state index contributed by atoms with van der Waals surface area (Å²) in [7, 11) is 0. The Bertz CT molecular complexity index is 319. The predicted octanol–water partition coefficient (Wildman–Crippen LogP) is 1.24. The molecule has 0 aromatic carbocycles. The van der Waals surface area contributed by atoms with E-state index in [-0.39, 0.29) is 5.91 Å². The van der Waals surface area contributed by atoms with Gasteiger partial charge in [0.1, 0.15) is 6.04 Å². The number of nitroso groups, excluding NO2 is 1. The van der Waals surface area contributed by atoms with E-state index in [1.165, 1.54) is 11.0 Å². The number of hydrogen-bond donors (Lipinski definition) is 0. The summed E-state index contributed by atoms with van der Waals surface area (Å²) >= 11 is 0. The number of rotatable bonds is 2. The summed E-state index contributed by atoms with van der Waals surface area (Å²) in [5, 5.41) is 2.38. The highest BCUT2D eigenvalue weighted by atomic mass is 16.3. The third-order valence-corrected chi connectivity index (χ3v) is 2.32. The van der Waals surface area contributed by atoms with E-state index >= 15 is 0 Å². The van der Waals surface area contributed by atoms with Gasteiger partial charge >= 0.3 is 5.91 Å². The molecule has 0 saturated carbocycles. The number of allylic oxidation sites excluding steroid dienone is 1. The number of hydrogen-bond acceptors (Lipinski definition) is 3. The molecule has 1 aliphatic rings. The Labute approximate surface area is 88.1 Å². The van der Waals surface area contributed by atoms with E-state index in [0.29, 0.717) is 13.0 Å².